The molecule has 2 aromatic carbocycles. The van der Waals surface area contributed by atoms with Crippen LogP contribution in [-0.4, -0.2) is 15.9 Å². The lowest BCUT2D eigenvalue weighted by Crippen LogP contribution is -2.30. The SMILES string of the molecule is Nc1c(NCc2ccco2)ncnc1NNC(=O)c1cccc2ccccc12. The van der Waals surface area contributed by atoms with Crippen molar-refractivity contribution in [2.45, 2.75) is 6.54 Å². The quantitative estimate of drug-likeness (QED) is 0.383. The van der Waals surface area contributed by atoms with E-state index in [4.69, 9.17) is 10.2 Å². The molecule has 1 amide bonds. The van der Waals surface area contributed by atoms with Gasteiger partial charge in [0.1, 0.15) is 17.8 Å². The molecule has 4 rings (SSSR count). The third kappa shape index (κ3) is 3.56. The zero-order chi connectivity index (χ0) is 19.3. The molecular formula is C20H18N6O2. The number of hydrogen-bond acceptors (Lipinski definition) is 7. The number of aromatic nitrogens is 2. The highest BCUT2D eigenvalue weighted by atomic mass is 16.3. The molecule has 8 heteroatoms. The summed E-state index contributed by atoms with van der Waals surface area (Å²) in [5, 5.41) is 4.93. The average molecular weight is 374 g/mol. The van der Waals surface area contributed by atoms with Gasteiger partial charge in [-0.15, -0.1) is 0 Å². The normalized spacial score (nSPS) is 10.6. The van der Waals surface area contributed by atoms with Crippen LogP contribution in [0.25, 0.3) is 10.8 Å². The van der Waals surface area contributed by atoms with Crippen molar-refractivity contribution >= 4 is 34.0 Å². The Bertz CT molecular complexity index is 1110. The summed E-state index contributed by atoms with van der Waals surface area (Å²) in [6.45, 7) is 0.427. The molecule has 2 heterocycles. The molecule has 0 saturated heterocycles. The maximum Gasteiger partial charge on any atom is 0.270 e. The summed E-state index contributed by atoms with van der Waals surface area (Å²) in [5.41, 5.74) is 12.4. The van der Waals surface area contributed by atoms with E-state index in [1.807, 2.05) is 42.5 Å². The van der Waals surface area contributed by atoms with Crippen molar-refractivity contribution in [1.82, 2.24) is 15.4 Å². The van der Waals surface area contributed by atoms with Crippen molar-refractivity contribution in [2.75, 3.05) is 16.5 Å². The average Bonchev–Trinajstić information content (AvgIpc) is 3.25. The molecule has 0 aliphatic carbocycles. The Hall–Kier alpha value is -4.07. The number of hydrazine groups is 1. The van der Waals surface area contributed by atoms with Gasteiger partial charge in [-0.1, -0.05) is 36.4 Å². The number of carbonyl (C=O) groups is 1. The second-order valence-electron chi connectivity index (χ2n) is 6.02. The minimum atomic E-state index is -0.292. The molecule has 28 heavy (non-hydrogen) atoms. The van der Waals surface area contributed by atoms with E-state index in [1.54, 1.807) is 18.4 Å². The van der Waals surface area contributed by atoms with Crippen LogP contribution in [0.5, 0.6) is 0 Å². The molecule has 0 aliphatic heterocycles. The molecule has 2 aromatic heterocycles. The lowest BCUT2D eigenvalue weighted by Gasteiger charge is -2.13. The van der Waals surface area contributed by atoms with E-state index in [9.17, 15) is 4.79 Å². The topological polar surface area (TPSA) is 118 Å². The molecule has 0 bridgehead atoms. The van der Waals surface area contributed by atoms with Gasteiger partial charge >= 0.3 is 0 Å². The van der Waals surface area contributed by atoms with Crippen LogP contribution in [0.3, 0.4) is 0 Å². The molecule has 0 atom stereocenters. The lowest BCUT2D eigenvalue weighted by atomic mass is 10.0. The highest BCUT2D eigenvalue weighted by Crippen LogP contribution is 2.23. The number of anilines is 3. The van der Waals surface area contributed by atoms with Gasteiger partial charge in [-0.05, 0) is 29.0 Å². The molecule has 5 N–H and O–H groups in total. The van der Waals surface area contributed by atoms with E-state index in [0.717, 1.165) is 16.5 Å². The van der Waals surface area contributed by atoms with Crippen LogP contribution in [0.15, 0.2) is 71.6 Å². The van der Waals surface area contributed by atoms with Crippen molar-refractivity contribution in [3.8, 4) is 0 Å². The Labute approximate surface area is 160 Å². The van der Waals surface area contributed by atoms with Gasteiger partial charge in [0.05, 0.1) is 12.8 Å². The predicted octanol–water partition coefficient (Wildman–Crippen LogP) is 3.17. The molecule has 140 valence electrons. The van der Waals surface area contributed by atoms with E-state index < -0.39 is 0 Å². The molecule has 0 radical (unpaired) electrons. The van der Waals surface area contributed by atoms with E-state index in [0.29, 0.717) is 23.7 Å². The van der Waals surface area contributed by atoms with Crippen LogP contribution in [0, 0.1) is 0 Å². The maximum atomic E-state index is 12.6. The van der Waals surface area contributed by atoms with Crippen LogP contribution in [0.4, 0.5) is 17.3 Å². The Kier molecular flexibility index (Phi) is 4.75. The second kappa shape index (κ2) is 7.67. The fourth-order valence-electron chi connectivity index (χ4n) is 2.83. The first-order valence-corrected chi connectivity index (χ1v) is 8.63. The van der Waals surface area contributed by atoms with Gasteiger partial charge in [-0.3, -0.25) is 15.6 Å². The fraction of sp³-hybridized carbons (Fsp3) is 0.0500. The van der Waals surface area contributed by atoms with Crippen LogP contribution < -0.4 is 21.9 Å². The molecule has 0 saturated carbocycles. The number of rotatable bonds is 6. The van der Waals surface area contributed by atoms with Crippen LogP contribution in [0.2, 0.25) is 0 Å². The monoisotopic (exact) mass is 374 g/mol. The highest BCUT2D eigenvalue weighted by molar-refractivity contribution is 6.07. The summed E-state index contributed by atoms with van der Waals surface area (Å²) in [7, 11) is 0. The third-order valence-electron chi connectivity index (χ3n) is 4.22. The Morgan fingerprint density at radius 3 is 2.68 bits per heavy atom. The Morgan fingerprint density at radius 1 is 1.00 bits per heavy atom. The van der Waals surface area contributed by atoms with Gasteiger partial charge in [0.25, 0.3) is 5.91 Å². The summed E-state index contributed by atoms with van der Waals surface area (Å²) in [4.78, 5) is 20.8. The third-order valence-corrected chi connectivity index (χ3v) is 4.22. The van der Waals surface area contributed by atoms with Gasteiger partial charge in [-0.2, -0.15) is 0 Å². The van der Waals surface area contributed by atoms with Crippen molar-refractivity contribution in [3.63, 3.8) is 0 Å². The number of nitrogens with zero attached hydrogens (tertiary/aromatic N) is 2. The lowest BCUT2D eigenvalue weighted by molar-refractivity contribution is 0.0964. The highest BCUT2D eigenvalue weighted by Gasteiger charge is 2.12. The number of fused-ring (bicyclic) bond motifs is 1. The molecule has 0 spiro atoms. The largest absolute Gasteiger partial charge is 0.467 e. The van der Waals surface area contributed by atoms with Crippen molar-refractivity contribution in [2.24, 2.45) is 0 Å². The van der Waals surface area contributed by atoms with E-state index in [-0.39, 0.29) is 11.6 Å². The first-order valence-electron chi connectivity index (χ1n) is 8.63. The fourth-order valence-corrected chi connectivity index (χ4v) is 2.83. The van der Waals surface area contributed by atoms with Crippen molar-refractivity contribution in [1.29, 1.82) is 0 Å². The second-order valence-corrected chi connectivity index (χ2v) is 6.02. The molecule has 0 aliphatic rings. The van der Waals surface area contributed by atoms with Crippen LogP contribution >= 0.6 is 0 Å². The molecule has 0 fully saturated rings. The maximum absolute atomic E-state index is 12.6. The molecule has 0 unspecified atom stereocenters. The van der Waals surface area contributed by atoms with Gasteiger partial charge in [0, 0.05) is 5.56 Å². The first-order chi connectivity index (χ1) is 13.7. The van der Waals surface area contributed by atoms with E-state index in [1.165, 1.54) is 6.33 Å². The zero-order valence-electron chi connectivity index (χ0n) is 14.8. The summed E-state index contributed by atoms with van der Waals surface area (Å²) < 4.78 is 5.27. The number of nitrogens with two attached hydrogens (primary N) is 1. The minimum Gasteiger partial charge on any atom is -0.467 e. The van der Waals surface area contributed by atoms with Crippen molar-refractivity contribution in [3.05, 3.63) is 78.5 Å². The van der Waals surface area contributed by atoms with Crippen LogP contribution in [-0.2, 0) is 6.54 Å². The number of amides is 1. The van der Waals surface area contributed by atoms with Crippen LogP contribution in [0.1, 0.15) is 16.1 Å². The number of hydrogen-bond donors (Lipinski definition) is 4. The first kappa shape index (κ1) is 17.3. The van der Waals surface area contributed by atoms with Gasteiger partial charge in [0.15, 0.2) is 11.6 Å². The standard InChI is InChI=1S/C20H18N6O2/c21-17-18(22-11-14-7-4-10-28-14)23-12-24-19(17)25-26-20(27)16-9-3-6-13-5-1-2-8-15(13)16/h1-10,12H,11,21H2,(H,26,27)(H2,22,23,24,25). The number of furan rings is 1. The predicted molar refractivity (Wildman–Crippen MR) is 108 cm³/mol. The summed E-state index contributed by atoms with van der Waals surface area (Å²) in [5.74, 6) is 1.19. The number of nitrogens with one attached hydrogen (secondary N) is 3. The van der Waals surface area contributed by atoms with Gasteiger partial charge in [-0.25, -0.2) is 9.97 Å². The summed E-state index contributed by atoms with van der Waals surface area (Å²) >= 11 is 0. The Morgan fingerprint density at radius 2 is 1.82 bits per heavy atom. The summed E-state index contributed by atoms with van der Waals surface area (Å²) in [6, 6.07) is 16.9. The molecule has 8 nitrogen and oxygen atoms in total. The summed E-state index contributed by atoms with van der Waals surface area (Å²) in [6.07, 6.45) is 2.95. The van der Waals surface area contributed by atoms with Gasteiger partial charge < -0.3 is 15.5 Å². The van der Waals surface area contributed by atoms with E-state index in [2.05, 4.69) is 26.1 Å². The smallest absolute Gasteiger partial charge is 0.270 e. The number of carbonyl (C=O) groups excluding carboxylic acids is 1. The van der Waals surface area contributed by atoms with Gasteiger partial charge in [0.2, 0.25) is 0 Å². The van der Waals surface area contributed by atoms with Crippen molar-refractivity contribution < 1.29 is 9.21 Å². The zero-order valence-corrected chi connectivity index (χ0v) is 14.8. The molecular weight excluding hydrogens is 356 g/mol. The number of nitrogen functional groups attached to an aromatic ring is 1. The van der Waals surface area contributed by atoms with E-state index >= 15 is 0 Å². The molecule has 4 aromatic rings. The number of benzene rings is 2. The Balaban J connectivity index is 1.47. The minimum absolute atomic E-state index is 0.285.